The van der Waals surface area contributed by atoms with Crippen molar-refractivity contribution in [3.05, 3.63) is 35.9 Å². The molecule has 1 aromatic heterocycles. The Morgan fingerprint density at radius 2 is 2.11 bits per heavy atom. The van der Waals surface area contributed by atoms with Crippen LogP contribution < -0.4 is 20.1 Å². The molecule has 1 aromatic carbocycles. The summed E-state index contributed by atoms with van der Waals surface area (Å²) in [7, 11) is 3.25. The molecule has 2 rings (SSSR count). The molecule has 0 atom stereocenters. The first-order chi connectivity index (χ1) is 12.5. The van der Waals surface area contributed by atoms with Crippen molar-refractivity contribution >= 4 is 29.9 Å². The van der Waals surface area contributed by atoms with Gasteiger partial charge in [-0.15, -0.1) is 24.0 Å². The molecule has 0 radical (unpaired) electrons. The summed E-state index contributed by atoms with van der Waals surface area (Å²) in [4.78, 5) is 8.53. The van der Waals surface area contributed by atoms with Crippen molar-refractivity contribution in [3.63, 3.8) is 0 Å². The molecule has 0 amide bonds. The van der Waals surface area contributed by atoms with Crippen molar-refractivity contribution in [3.8, 4) is 11.5 Å². The summed E-state index contributed by atoms with van der Waals surface area (Å²) >= 11 is 0. The highest BCUT2D eigenvalue weighted by Gasteiger charge is 2.11. The summed E-state index contributed by atoms with van der Waals surface area (Å²) in [6.07, 6.45) is 1.46. The van der Waals surface area contributed by atoms with Crippen LogP contribution in [0, 0.1) is 0 Å². The molecule has 150 valence electrons. The van der Waals surface area contributed by atoms with E-state index < -0.39 is 6.61 Å². The van der Waals surface area contributed by atoms with Crippen LogP contribution in [0.1, 0.15) is 18.3 Å². The van der Waals surface area contributed by atoms with E-state index in [1.807, 2.05) is 6.92 Å². The molecule has 1 heterocycles. The van der Waals surface area contributed by atoms with Crippen molar-refractivity contribution in [1.29, 1.82) is 0 Å². The third-order valence-corrected chi connectivity index (χ3v) is 3.46. The third kappa shape index (κ3) is 7.15. The van der Waals surface area contributed by atoms with Crippen LogP contribution in [0.25, 0.3) is 0 Å². The van der Waals surface area contributed by atoms with Gasteiger partial charge in [0.05, 0.1) is 20.2 Å². The maximum atomic E-state index is 12.6. The number of hydrogen-bond acceptors (Lipinski definition) is 5. The zero-order valence-electron chi connectivity index (χ0n) is 15.3. The normalized spacial score (nSPS) is 11.1. The fraction of sp³-hybridized carbons (Fsp3) is 0.438. The first-order valence-electron chi connectivity index (χ1n) is 8.00. The molecule has 11 heteroatoms. The Labute approximate surface area is 173 Å². The van der Waals surface area contributed by atoms with Crippen molar-refractivity contribution in [2.45, 2.75) is 26.6 Å². The summed E-state index contributed by atoms with van der Waals surface area (Å²) in [6.45, 7) is 0.226. The summed E-state index contributed by atoms with van der Waals surface area (Å²) in [5.74, 6) is 1.73. The van der Waals surface area contributed by atoms with Crippen LogP contribution in [-0.4, -0.2) is 41.0 Å². The Kier molecular flexibility index (Phi) is 9.75. The van der Waals surface area contributed by atoms with Gasteiger partial charge in [0, 0.05) is 25.2 Å². The van der Waals surface area contributed by atoms with E-state index in [1.165, 1.54) is 19.5 Å². The highest BCUT2D eigenvalue weighted by Crippen LogP contribution is 2.27. The molecule has 2 N–H and O–H groups in total. The number of guanidine groups is 1. The fourth-order valence-electron chi connectivity index (χ4n) is 2.15. The van der Waals surface area contributed by atoms with Crippen LogP contribution in [-0.2, 0) is 20.1 Å². The molecule has 0 unspecified atom stereocenters. The molecule has 8 nitrogen and oxygen atoms in total. The average Bonchev–Trinajstić information content (AvgIpc) is 3.02. The van der Waals surface area contributed by atoms with Gasteiger partial charge in [-0.25, -0.2) is 9.98 Å². The lowest BCUT2D eigenvalue weighted by molar-refractivity contribution is -0.0505. The van der Waals surface area contributed by atoms with Crippen molar-refractivity contribution in [1.82, 2.24) is 25.4 Å². The van der Waals surface area contributed by atoms with Gasteiger partial charge in [-0.2, -0.15) is 13.9 Å². The van der Waals surface area contributed by atoms with Gasteiger partial charge in [0.1, 0.15) is 23.7 Å². The molecule has 0 fully saturated rings. The van der Waals surface area contributed by atoms with E-state index in [-0.39, 0.29) is 36.3 Å². The van der Waals surface area contributed by atoms with E-state index in [9.17, 15) is 8.78 Å². The molecule has 0 aliphatic rings. The summed E-state index contributed by atoms with van der Waals surface area (Å²) < 4.78 is 36.5. The van der Waals surface area contributed by atoms with Gasteiger partial charge < -0.3 is 20.1 Å². The fourth-order valence-corrected chi connectivity index (χ4v) is 2.15. The molecular weight excluding hydrogens is 473 g/mol. The Bertz CT molecular complexity index is 741. The van der Waals surface area contributed by atoms with Crippen LogP contribution in [0.3, 0.4) is 0 Å². The summed E-state index contributed by atoms with van der Waals surface area (Å²) in [5, 5.41) is 10.2. The minimum atomic E-state index is -2.92. The number of nitrogens with zero attached hydrogens (tertiary/aromatic N) is 4. The van der Waals surface area contributed by atoms with E-state index in [2.05, 4.69) is 30.4 Å². The van der Waals surface area contributed by atoms with Crippen LogP contribution in [0.2, 0.25) is 0 Å². The Hall–Kier alpha value is -2.18. The van der Waals surface area contributed by atoms with E-state index >= 15 is 0 Å². The smallest absolute Gasteiger partial charge is 0.387 e. The lowest BCUT2D eigenvalue weighted by atomic mass is 10.2. The zero-order valence-corrected chi connectivity index (χ0v) is 17.6. The predicted octanol–water partition coefficient (Wildman–Crippen LogP) is 2.30. The van der Waals surface area contributed by atoms with Crippen LogP contribution in [0.5, 0.6) is 11.5 Å². The van der Waals surface area contributed by atoms with Gasteiger partial charge in [0.2, 0.25) is 0 Å². The monoisotopic (exact) mass is 496 g/mol. The molecule has 0 aliphatic heterocycles. The topological polar surface area (TPSA) is 85.6 Å². The number of halogens is 3. The summed E-state index contributed by atoms with van der Waals surface area (Å²) in [5.41, 5.74) is 0.516. The molecule has 0 aliphatic carbocycles. The number of aryl methyl sites for hydroxylation is 1. The van der Waals surface area contributed by atoms with Crippen LogP contribution in [0.4, 0.5) is 8.78 Å². The van der Waals surface area contributed by atoms with Gasteiger partial charge in [0.15, 0.2) is 5.96 Å². The van der Waals surface area contributed by atoms with Gasteiger partial charge >= 0.3 is 6.61 Å². The van der Waals surface area contributed by atoms with Gasteiger partial charge in [-0.05, 0) is 19.1 Å². The van der Waals surface area contributed by atoms with E-state index in [0.29, 0.717) is 30.4 Å². The first kappa shape index (κ1) is 22.9. The molecule has 0 bridgehead atoms. The number of hydrogen-bond donors (Lipinski definition) is 2. The zero-order chi connectivity index (χ0) is 18.9. The predicted molar refractivity (Wildman–Crippen MR) is 108 cm³/mol. The number of alkyl halides is 2. The van der Waals surface area contributed by atoms with Gasteiger partial charge in [-0.1, -0.05) is 0 Å². The molecule has 0 spiro atoms. The second-order valence-corrected chi connectivity index (χ2v) is 5.20. The van der Waals surface area contributed by atoms with E-state index in [0.717, 1.165) is 5.82 Å². The molecule has 0 saturated carbocycles. The van der Waals surface area contributed by atoms with Gasteiger partial charge in [0.25, 0.3) is 0 Å². The lowest BCUT2D eigenvalue weighted by Gasteiger charge is -2.13. The Morgan fingerprint density at radius 1 is 1.33 bits per heavy atom. The second kappa shape index (κ2) is 11.5. The molecular formula is C16H23F2IN6O2. The number of rotatable bonds is 8. The van der Waals surface area contributed by atoms with E-state index in [4.69, 9.17) is 4.74 Å². The quantitative estimate of drug-likeness (QED) is 0.332. The van der Waals surface area contributed by atoms with Crippen molar-refractivity contribution < 1.29 is 18.3 Å². The van der Waals surface area contributed by atoms with Crippen molar-refractivity contribution in [2.75, 3.05) is 13.7 Å². The largest absolute Gasteiger partial charge is 0.497 e. The Morgan fingerprint density at radius 3 is 2.70 bits per heavy atom. The lowest BCUT2D eigenvalue weighted by Crippen LogP contribution is -2.37. The molecule has 0 saturated heterocycles. The minimum absolute atomic E-state index is 0. The van der Waals surface area contributed by atoms with E-state index in [1.54, 1.807) is 23.9 Å². The van der Waals surface area contributed by atoms with Gasteiger partial charge in [-0.3, -0.25) is 4.68 Å². The Balaban J connectivity index is 0.00000364. The highest BCUT2D eigenvalue weighted by molar-refractivity contribution is 14.0. The van der Waals surface area contributed by atoms with Crippen molar-refractivity contribution in [2.24, 2.45) is 12.0 Å². The van der Waals surface area contributed by atoms with Crippen LogP contribution >= 0.6 is 24.0 Å². The second-order valence-electron chi connectivity index (χ2n) is 5.20. The average molecular weight is 496 g/mol. The maximum absolute atomic E-state index is 12.6. The number of aliphatic imine (C=N–C) groups is 1. The number of methoxy groups -OCH3 is 1. The SMILES string of the molecule is CCNC(=NCc1ccc(OC)cc1OC(F)F)NCc1ncnn1C.I. The van der Waals surface area contributed by atoms with Crippen LogP contribution in [0.15, 0.2) is 29.5 Å². The maximum Gasteiger partial charge on any atom is 0.387 e. The number of ether oxygens (including phenoxy) is 2. The third-order valence-electron chi connectivity index (χ3n) is 3.46. The molecule has 27 heavy (non-hydrogen) atoms. The number of benzene rings is 1. The standard InChI is InChI=1S/C16H22F2N6O2.HI/c1-4-19-16(21-9-14-22-10-23-24(14)2)20-8-11-5-6-12(25-3)7-13(11)26-15(17)18;/h5-7,10,15H,4,8-9H2,1-3H3,(H2,19,20,21);1H. The minimum Gasteiger partial charge on any atom is -0.497 e. The first-order valence-corrected chi connectivity index (χ1v) is 8.00. The number of nitrogens with one attached hydrogen (secondary N) is 2. The summed E-state index contributed by atoms with van der Waals surface area (Å²) in [6, 6.07) is 4.73. The molecule has 2 aromatic rings. The highest BCUT2D eigenvalue weighted by atomic mass is 127. The number of aromatic nitrogens is 3.